The highest BCUT2D eigenvalue weighted by Crippen LogP contribution is 2.25. The van der Waals surface area contributed by atoms with Crippen molar-refractivity contribution in [1.82, 2.24) is 4.98 Å². The summed E-state index contributed by atoms with van der Waals surface area (Å²) < 4.78 is 0.296. The molecule has 1 heterocycles. The number of hydrogen-bond acceptors (Lipinski definition) is 6. The molecule has 0 aliphatic heterocycles. The van der Waals surface area contributed by atoms with Crippen LogP contribution in [-0.2, 0) is 9.63 Å². The topological polar surface area (TPSA) is 77.6 Å². The number of carbonyl (C=O) groups excluding carboxylic acids is 1. The quantitative estimate of drug-likeness (QED) is 0.626. The summed E-state index contributed by atoms with van der Waals surface area (Å²) in [6.45, 7) is 2.09. The highest BCUT2D eigenvalue weighted by Gasteiger charge is 2.14. The molecule has 0 atom stereocenters. The molecule has 5 nitrogen and oxygen atoms in total. The zero-order chi connectivity index (χ0) is 10.6. The third-order valence-corrected chi connectivity index (χ3v) is 2.29. The van der Waals surface area contributed by atoms with Crippen LogP contribution in [0.1, 0.15) is 12.6 Å². The molecule has 0 aliphatic carbocycles. The number of anilines is 1. The van der Waals surface area contributed by atoms with Gasteiger partial charge in [-0.05, 0) is 6.92 Å². The number of thiazole rings is 1. The lowest BCUT2D eigenvalue weighted by Crippen LogP contribution is -2.05. The second-order valence-corrected chi connectivity index (χ2v) is 3.77. The lowest BCUT2D eigenvalue weighted by Gasteiger charge is -1.94. The Morgan fingerprint density at radius 3 is 3.00 bits per heavy atom. The first-order valence-corrected chi connectivity index (χ1v) is 4.88. The van der Waals surface area contributed by atoms with E-state index in [0.29, 0.717) is 10.9 Å². The Kier molecular flexibility index (Phi) is 3.84. The van der Waals surface area contributed by atoms with E-state index in [4.69, 9.17) is 22.2 Å². The van der Waals surface area contributed by atoms with Gasteiger partial charge < -0.3 is 10.6 Å². The van der Waals surface area contributed by atoms with Crippen LogP contribution in [0.2, 0.25) is 4.34 Å². The number of nitrogens with zero attached hydrogens (tertiary/aromatic N) is 2. The summed E-state index contributed by atoms with van der Waals surface area (Å²) in [4.78, 5) is 19.0. The number of halogens is 1. The van der Waals surface area contributed by atoms with Crippen LogP contribution < -0.4 is 5.73 Å². The van der Waals surface area contributed by atoms with Gasteiger partial charge in [-0.1, -0.05) is 28.1 Å². The van der Waals surface area contributed by atoms with E-state index in [1.165, 1.54) is 0 Å². The van der Waals surface area contributed by atoms with Gasteiger partial charge in [0, 0.05) is 0 Å². The maximum absolute atomic E-state index is 10.5. The van der Waals surface area contributed by atoms with E-state index in [1.807, 2.05) is 0 Å². The lowest BCUT2D eigenvalue weighted by molar-refractivity contribution is 0.159. The van der Waals surface area contributed by atoms with Crippen LogP contribution in [0.4, 0.5) is 5.13 Å². The number of aromatic nitrogens is 1. The van der Waals surface area contributed by atoms with Crippen molar-refractivity contribution in [3.63, 3.8) is 0 Å². The summed E-state index contributed by atoms with van der Waals surface area (Å²) in [7, 11) is 0. The Bertz CT molecular complexity index is 364. The molecule has 1 rings (SSSR count). The van der Waals surface area contributed by atoms with Crippen molar-refractivity contribution in [2.24, 2.45) is 5.16 Å². The minimum atomic E-state index is -0.0789. The van der Waals surface area contributed by atoms with E-state index in [-0.39, 0.29) is 16.5 Å². The molecule has 0 saturated carbocycles. The Balaban J connectivity index is 3.00. The number of hydrogen-bond donors (Lipinski definition) is 1. The van der Waals surface area contributed by atoms with Crippen LogP contribution in [0, 0.1) is 0 Å². The van der Waals surface area contributed by atoms with E-state index in [1.54, 1.807) is 13.2 Å². The average molecular weight is 233 g/mol. The third-order valence-electron chi connectivity index (χ3n) is 1.21. The molecular formula is C7H7ClN3O2S. The summed E-state index contributed by atoms with van der Waals surface area (Å²) in [6.07, 6.45) is 1.59. The molecule has 1 aromatic heterocycles. The molecule has 0 amide bonds. The van der Waals surface area contributed by atoms with Gasteiger partial charge in [0.05, 0.1) is 0 Å². The van der Waals surface area contributed by atoms with Gasteiger partial charge in [-0.2, -0.15) is 0 Å². The van der Waals surface area contributed by atoms with E-state index >= 15 is 0 Å². The maximum Gasteiger partial charge on any atom is 0.259 e. The molecule has 7 heteroatoms. The summed E-state index contributed by atoms with van der Waals surface area (Å²) >= 11 is 6.82. The summed E-state index contributed by atoms with van der Waals surface area (Å²) in [6, 6.07) is 0. The van der Waals surface area contributed by atoms with E-state index < -0.39 is 0 Å². The van der Waals surface area contributed by atoms with Crippen molar-refractivity contribution in [2.75, 3.05) is 12.3 Å². The second-order valence-electron chi connectivity index (χ2n) is 2.13. The van der Waals surface area contributed by atoms with Crippen molar-refractivity contribution in [1.29, 1.82) is 0 Å². The molecule has 75 valence electrons. The van der Waals surface area contributed by atoms with Gasteiger partial charge in [0.15, 0.2) is 10.8 Å². The van der Waals surface area contributed by atoms with Crippen molar-refractivity contribution >= 4 is 40.1 Å². The van der Waals surface area contributed by atoms with Crippen LogP contribution in [-0.4, -0.2) is 23.6 Å². The Morgan fingerprint density at radius 2 is 2.57 bits per heavy atom. The fourth-order valence-electron chi connectivity index (χ4n) is 0.702. The highest BCUT2D eigenvalue weighted by molar-refractivity contribution is 7.19. The number of oxime groups is 1. The first kappa shape index (κ1) is 10.9. The molecule has 0 saturated heterocycles. The van der Waals surface area contributed by atoms with Gasteiger partial charge in [0.2, 0.25) is 0 Å². The summed E-state index contributed by atoms with van der Waals surface area (Å²) in [5, 5.41) is 3.77. The monoisotopic (exact) mass is 232 g/mol. The molecule has 1 radical (unpaired) electrons. The normalized spacial score (nSPS) is 11.4. The van der Waals surface area contributed by atoms with Crippen LogP contribution in [0.3, 0.4) is 0 Å². The minimum absolute atomic E-state index is 0.0789. The highest BCUT2D eigenvalue weighted by atomic mass is 35.5. The smallest absolute Gasteiger partial charge is 0.259 e. The van der Waals surface area contributed by atoms with Crippen LogP contribution in [0.15, 0.2) is 5.16 Å². The zero-order valence-corrected chi connectivity index (χ0v) is 8.85. The Hall–Kier alpha value is -1.14. The van der Waals surface area contributed by atoms with Gasteiger partial charge in [-0.25, -0.2) is 4.98 Å². The van der Waals surface area contributed by atoms with Crippen molar-refractivity contribution < 1.29 is 9.63 Å². The first-order valence-electron chi connectivity index (χ1n) is 3.69. The standard InChI is InChI=1S/C7H7ClN3O2S/c1-2-13-11-4(3-12)5-6(8)14-7(9)10-5/h2H2,1H3,(H2,9,10)/b11-4+. The van der Waals surface area contributed by atoms with Crippen molar-refractivity contribution in [3.8, 4) is 0 Å². The van der Waals surface area contributed by atoms with Crippen LogP contribution >= 0.6 is 22.9 Å². The van der Waals surface area contributed by atoms with Crippen molar-refractivity contribution in [3.05, 3.63) is 10.0 Å². The average Bonchev–Trinajstić information content (AvgIpc) is 2.47. The van der Waals surface area contributed by atoms with Crippen LogP contribution in [0.5, 0.6) is 0 Å². The molecule has 1 aromatic rings. The molecule has 14 heavy (non-hydrogen) atoms. The van der Waals surface area contributed by atoms with Gasteiger partial charge in [0.25, 0.3) is 6.29 Å². The number of nitrogens with two attached hydrogens (primary N) is 1. The molecule has 0 spiro atoms. The third kappa shape index (κ3) is 2.43. The van der Waals surface area contributed by atoms with Gasteiger partial charge in [-0.15, -0.1) is 0 Å². The van der Waals surface area contributed by atoms with Gasteiger partial charge >= 0.3 is 0 Å². The Morgan fingerprint density at radius 1 is 1.86 bits per heavy atom. The second kappa shape index (κ2) is 4.92. The molecule has 0 aromatic carbocycles. The molecule has 0 aliphatic rings. The minimum Gasteiger partial charge on any atom is -0.395 e. The maximum atomic E-state index is 10.5. The lowest BCUT2D eigenvalue weighted by atomic mass is 10.3. The fraction of sp³-hybridized carbons (Fsp3) is 0.286. The molecule has 0 bridgehead atoms. The molecular weight excluding hydrogens is 226 g/mol. The number of rotatable bonds is 4. The van der Waals surface area contributed by atoms with E-state index in [0.717, 1.165) is 11.3 Å². The van der Waals surface area contributed by atoms with Gasteiger partial charge in [-0.3, -0.25) is 4.79 Å². The number of nitrogen functional groups attached to an aromatic ring is 1. The summed E-state index contributed by atoms with van der Waals surface area (Å²) in [5.41, 5.74) is 5.53. The zero-order valence-electron chi connectivity index (χ0n) is 7.28. The fourth-order valence-corrected chi connectivity index (χ4v) is 1.63. The van der Waals surface area contributed by atoms with E-state index in [9.17, 15) is 4.79 Å². The molecule has 2 N–H and O–H groups in total. The van der Waals surface area contributed by atoms with Crippen molar-refractivity contribution in [2.45, 2.75) is 6.92 Å². The largest absolute Gasteiger partial charge is 0.395 e. The molecule has 0 fully saturated rings. The Labute approximate surface area is 89.5 Å². The molecule has 0 unspecified atom stereocenters. The van der Waals surface area contributed by atoms with Gasteiger partial charge in [0.1, 0.15) is 16.6 Å². The SMILES string of the molecule is CCO/N=C(\[C]=O)c1nc(N)sc1Cl. The summed E-state index contributed by atoms with van der Waals surface area (Å²) in [5.74, 6) is 0. The predicted octanol–water partition coefficient (Wildman–Crippen LogP) is 1.23. The van der Waals surface area contributed by atoms with Crippen LogP contribution in [0.25, 0.3) is 0 Å². The predicted molar refractivity (Wildman–Crippen MR) is 55.4 cm³/mol. The first-order chi connectivity index (χ1) is 6.69. The van der Waals surface area contributed by atoms with E-state index in [2.05, 4.69) is 10.1 Å².